The molecule has 0 radical (unpaired) electrons. The summed E-state index contributed by atoms with van der Waals surface area (Å²) in [5, 5.41) is -0.268. The minimum Gasteiger partial charge on any atom is -0.281 e. The van der Waals surface area contributed by atoms with Gasteiger partial charge >= 0.3 is 0 Å². The summed E-state index contributed by atoms with van der Waals surface area (Å²) in [7, 11) is 0. The van der Waals surface area contributed by atoms with Crippen molar-refractivity contribution in [3.63, 3.8) is 0 Å². The highest BCUT2D eigenvalue weighted by molar-refractivity contribution is 6.64. The molecule has 0 saturated heterocycles. The highest BCUT2D eigenvalue weighted by Crippen LogP contribution is 2.47. The molecule has 1 heterocycles. The van der Waals surface area contributed by atoms with Crippen molar-refractivity contribution in [2.75, 3.05) is 0 Å². The Morgan fingerprint density at radius 1 is 1.69 bits per heavy atom. The number of halogens is 1. The molecule has 13 heavy (non-hydrogen) atoms. The van der Waals surface area contributed by atoms with E-state index in [0.29, 0.717) is 0 Å². The van der Waals surface area contributed by atoms with Crippen molar-refractivity contribution in [3.8, 4) is 0 Å². The second kappa shape index (κ2) is 3.07. The second-order valence-electron chi connectivity index (χ2n) is 3.31. The van der Waals surface area contributed by atoms with Crippen LogP contribution in [0.2, 0.25) is 0 Å². The van der Waals surface area contributed by atoms with Crippen LogP contribution in [0.4, 0.5) is 0 Å². The van der Waals surface area contributed by atoms with Crippen LogP contribution in [-0.4, -0.2) is 15.2 Å². The number of hydrogen-bond acceptors (Lipinski definition) is 3. The summed E-state index contributed by atoms with van der Waals surface area (Å²) in [5.41, 5.74) is 0.928. The molecule has 1 unspecified atom stereocenters. The van der Waals surface area contributed by atoms with E-state index >= 15 is 0 Å². The van der Waals surface area contributed by atoms with Crippen molar-refractivity contribution in [1.29, 1.82) is 0 Å². The highest BCUT2D eigenvalue weighted by Gasteiger charge is 2.45. The van der Waals surface area contributed by atoms with Crippen molar-refractivity contribution >= 4 is 16.8 Å². The van der Waals surface area contributed by atoms with Crippen LogP contribution in [0, 0.1) is 12.8 Å². The molecule has 1 aliphatic carbocycles. The minimum absolute atomic E-state index is 0.0523. The molecular formula is C9H9ClN2O. The summed E-state index contributed by atoms with van der Waals surface area (Å²) in [6.07, 6.45) is 2.51. The van der Waals surface area contributed by atoms with Crippen molar-refractivity contribution in [1.82, 2.24) is 9.97 Å². The first-order valence-electron chi connectivity index (χ1n) is 4.17. The third-order valence-electron chi connectivity index (χ3n) is 2.23. The monoisotopic (exact) mass is 196 g/mol. The Morgan fingerprint density at radius 2 is 2.46 bits per heavy atom. The zero-order chi connectivity index (χ0) is 9.42. The first-order valence-corrected chi connectivity index (χ1v) is 4.55. The number of nitrogens with zero attached hydrogens (tertiary/aromatic N) is 2. The lowest BCUT2D eigenvalue weighted by atomic mass is 10.3. The third kappa shape index (κ3) is 1.70. The van der Waals surface area contributed by atoms with Gasteiger partial charge in [0.05, 0.1) is 0 Å². The molecule has 68 valence electrons. The number of carbonyl (C=O) groups excluding carboxylic acids is 1. The number of hydrogen-bond donors (Lipinski definition) is 0. The molecule has 4 heteroatoms. The van der Waals surface area contributed by atoms with Crippen LogP contribution in [0.1, 0.15) is 23.9 Å². The van der Waals surface area contributed by atoms with E-state index in [1.807, 2.05) is 13.0 Å². The summed E-state index contributed by atoms with van der Waals surface area (Å²) in [6.45, 7) is 1.91. The molecule has 1 saturated carbocycles. The SMILES string of the molecule is Cc1ccnc(C2C[C@@H]2C(=O)Cl)n1. The molecule has 1 fully saturated rings. The van der Waals surface area contributed by atoms with E-state index in [-0.39, 0.29) is 17.1 Å². The maximum atomic E-state index is 10.8. The van der Waals surface area contributed by atoms with Crippen LogP contribution in [0.15, 0.2) is 12.3 Å². The molecule has 2 atom stereocenters. The number of aryl methyl sites for hydroxylation is 1. The van der Waals surface area contributed by atoms with E-state index < -0.39 is 0 Å². The average Bonchev–Trinajstić information content (AvgIpc) is 2.82. The lowest BCUT2D eigenvalue weighted by Crippen LogP contribution is -1.97. The fourth-order valence-electron chi connectivity index (χ4n) is 1.38. The van der Waals surface area contributed by atoms with Gasteiger partial charge in [0.1, 0.15) is 5.82 Å². The highest BCUT2D eigenvalue weighted by atomic mass is 35.5. The topological polar surface area (TPSA) is 42.9 Å². The molecule has 1 aliphatic rings. The lowest BCUT2D eigenvalue weighted by Gasteiger charge is -1.97. The van der Waals surface area contributed by atoms with Crippen LogP contribution in [0.5, 0.6) is 0 Å². The lowest BCUT2D eigenvalue weighted by molar-refractivity contribution is -0.112. The molecule has 0 spiro atoms. The smallest absolute Gasteiger partial charge is 0.225 e. The summed E-state index contributed by atoms with van der Waals surface area (Å²) < 4.78 is 0. The summed E-state index contributed by atoms with van der Waals surface area (Å²) in [4.78, 5) is 19.1. The first kappa shape index (κ1) is 8.63. The van der Waals surface area contributed by atoms with Crippen LogP contribution in [0.3, 0.4) is 0 Å². The third-order valence-corrected chi connectivity index (χ3v) is 2.51. The standard InChI is InChI=1S/C9H9ClN2O/c1-5-2-3-11-9(12-5)7-4-6(7)8(10)13/h2-3,6-7H,4H2,1H3/t6-,7?/m0/s1. The van der Waals surface area contributed by atoms with Gasteiger partial charge in [0.2, 0.25) is 5.24 Å². The molecule has 1 aromatic heterocycles. The van der Waals surface area contributed by atoms with Crippen molar-refractivity contribution in [2.45, 2.75) is 19.3 Å². The zero-order valence-corrected chi connectivity index (χ0v) is 7.95. The molecule has 0 bridgehead atoms. The number of carbonyl (C=O) groups is 1. The van der Waals surface area contributed by atoms with Gasteiger partial charge in [-0.15, -0.1) is 0 Å². The molecule has 2 rings (SSSR count). The quantitative estimate of drug-likeness (QED) is 0.676. The Hall–Kier alpha value is -0.960. The van der Waals surface area contributed by atoms with Crippen molar-refractivity contribution in [2.24, 2.45) is 5.92 Å². The van der Waals surface area contributed by atoms with Gasteiger partial charge in [-0.3, -0.25) is 4.79 Å². The fraction of sp³-hybridized carbons (Fsp3) is 0.444. The van der Waals surface area contributed by atoms with E-state index in [4.69, 9.17) is 11.6 Å². The molecule has 0 amide bonds. The fourth-order valence-corrected chi connectivity index (χ4v) is 1.62. The maximum Gasteiger partial charge on any atom is 0.225 e. The van der Waals surface area contributed by atoms with Crippen LogP contribution >= 0.6 is 11.6 Å². The number of rotatable bonds is 2. The van der Waals surface area contributed by atoms with Gasteiger partial charge in [0, 0.05) is 23.7 Å². The predicted octanol–water partition coefficient (Wildman–Crippen LogP) is 1.65. The van der Waals surface area contributed by atoms with Crippen LogP contribution in [0.25, 0.3) is 0 Å². The Labute approximate surface area is 81.2 Å². The Bertz CT molecular complexity index is 353. The Kier molecular flexibility index (Phi) is 2.04. The van der Waals surface area contributed by atoms with Gasteiger partial charge in [-0.1, -0.05) is 0 Å². The number of aromatic nitrogens is 2. The molecule has 0 N–H and O–H groups in total. The zero-order valence-electron chi connectivity index (χ0n) is 7.20. The molecule has 3 nitrogen and oxygen atoms in total. The summed E-state index contributed by atoms with van der Waals surface area (Å²) >= 11 is 5.37. The van der Waals surface area contributed by atoms with Crippen molar-refractivity contribution < 1.29 is 4.79 Å². The predicted molar refractivity (Wildman–Crippen MR) is 48.5 cm³/mol. The summed E-state index contributed by atoms with van der Waals surface area (Å²) in [6, 6.07) is 1.84. The van der Waals surface area contributed by atoms with Crippen LogP contribution in [-0.2, 0) is 4.79 Å². The molecular weight excluding hydrogens is 188 g/mol. The van der Waals surface area contributed by atoms with E-state index in [2.05, 4.69) is 9.97 Å². The normalized spacial score (nSPS) is 25.7. The van der Waals surface area contributed by atoms with Gasteiger partial charge in [-0.05, 0) is 31.0 Å². The van der Waals surface area contributed by atoms with E-state index in [9.17, 15) is 4.79 Å². The van der Waals surface area contributed by atoms with E-state index in [1.165, 1.54) is 0 Å². The first-order chi connectivity index (χ1) is 6.18. The van der Waals surface area contributed by atoms with Gasteiger partial charge < -0.3 is 0 Å². The molecule has 0 aromatic carbocycles. The summed E-state index contributed by atoms with van der Waals surface area (Å²) in [5.74, 6) is 0.854. The minimum atomic E-state index is -0.268. The van der Waals surface area contributed by atoms with E-state index in [1.54, 1.807) is 6.20 Å². The Balaban J connectivity index is 2.16. The molecule has 1 aromatic rings. The van der Waals surface area contributed by atoms with Crippen LogP contribution < -0.4 is 0 Å². The van der Waals surface area contributed by atoms with Gasteiger partial charge in [-0.25, -0.2) is 9.97 Å². The maximum absolute atomic E-state index is 10.8. The van der Waals surface area contributed by atoms with Gasteiger partial charge in [0.15, 0.2) is 0 Å². The van der Waals surface area contributed by atoms with Crippen molar-refractivity contribution in [3.05, 3.63) is 23.8 Å². The second-order valence-corrected chi connectivity index (χ2v) is 3.68. The Morgan fingerprint density at radius 3 is 3.00 bits per heavy atom. The van der Waals surface area contributed by atoms with Gasteiger partial charge in [-0.2, -0.15) is 0 Å². The van der Waals surface area contributed by atoms with E-state index in [0.717, 1.165) is 17.9 Å². The largest absolute Gasteiger partial charge is 0.281 e. The average molecular weight is 197 g/mol. The molecule has 0 aliphatic heterocycles. The van der Waals surface area contributed by atoms with Gasteiger partial charge in [0.25, 0.3) is 0 Å².